The number of hydrogen-bond acceptors (Lipinski definition) is 6. The molecule has 1 unspecified atom stereocenters. The van der Waals surface area contributed by atoms with Crippen molar-refractivity contribution in [1.82, 2.24) is 5.32 Å². The highest BCUT2D eigenvalue weighted by Crippen LogP contribution is 2.12. The summed E-state index contributed by atoms with van der Waals surface area (Å²) in [6.45, 7) is 0.327. The third kappa shape index (κ3) is 11.0. The molecule has 0 aliphatic heterocycles. The molecule has 0 spiro atoms. The van der Waals surface area contributed by atoms with Crippen molar-refractivity contribution in [3.63, 3.8) is 0 Å². The second kappa shape index (κ2) is 14.2. The highest BCUT2D eigenvalue weighted by Gasteiger charge is 2.19. The fraction of sp³-hybridized carbons (Fsp3) is 0.211. The summed E-state index contributed by atoms with van der Waals surface area (Å²) in [7, 11) is 0. The van der Waals surface area contributed by atoms with Gasteiger partial charge in [-0.3, -0.25) is 19.9 Å². The van der Waals surface area contributed by atoms with E-state index in [1.165, 1.54) is 24.3 Å². The Balaban J connectivity index is 0.000000688. The lowest BCUT2D eigenvalue weighted by molar-refractivity contribution is -0.384. The molecule has 0 aromatic heterocycles. The SMILES string of the molecule is Cl.NC(N)=NCCCC(NC(=O)c1ccccc1)C(=O)O.Nc1ccc([N+](=O)[O-])cc1. The molecule has 1 atom stereocenters. The summed E-state index contributed by atoms with van der Waals surface area (Å²) < 4.78 is 0. The molecule has 0 aliphatic rings. The number of rotatable bonds is 8. The maximum absolute atomic E-state index is 11.9. The van der Waals surface area contributed by atoms with E-state index in [9.17, 15) is 19.7 Å². The van der Waals surface area contributed by atoms with Crippen LogP contribution in [0.2, 0.25) is 0 Å². The number of aliphatic carboxylic acids is 1. The molecule has 2 aromatic rings. The molecule has 12 heteroatoms. The fourth-order valence-electron chi connectivity index (χ4n) is 2.19. The first-order valence-electron chi connectivity index (χ1n) is 8.84. The van der Waals surface area contributed by atoms with Gasteiger partial charge in [-0.1, -0.05) is 18.2 Å². The number of aliphatic imine (C=N–C) groups is 1. The van der Waals surface area contributed by atoms with Gasteiger partial charge in [-0.05, 0) is 37.1 Å². The highest BCUT2D eigenvalue weighted by molar-refractivity contribution is 5.96. The van der Waals surface area contributed by atoms with Gasteiger partial charge >= 0.3 is 5.97 Å². The lowest BCUT2D eigenvalue weighted by atomic mass is 10.1. The first kappa shape index (κ1) is 27.1. The molecule has 0 radical (unpaired) electrons. The predicted molar refractivity (Wildman–Crippen MR) is 120 cm³/mol. The van der Waals surface area contributed by atoms with Crippen LogP contribution in [0.3, 0.4) is 0 Å². The van der Waals surface area contributed by atoms with E-state index in [2.05, 4.69) is 10.3 Å². The topological polar surface area (TPSA) is 200 Å². The number of halogens is 1. The maximum Gasteiger partial charge on any atom is 0.326 e. The number of amides is 1. The van der Waals surface area contributed by atoms with Crippen LogP contribution < -0.4 is 22.5 Å². The molecule has 31 heavy (non-hydrogen) atoms. The lowest BCUT2D eigenvalue weighted by Crippen LogP contribution is -2.40. The number of benzene rings is 2. The number of carbonyl (C=O) groups excluding carboxylic acids is 1. The Morgan fingerprint density at radius 2 is 1.68 bits per heavy atom. The molecular weight excluding hydrogens is 428 g/mol. The highest BCUT2D eigenvalue weighted by atomic mass is 35.5. The van der Waals surface area contributed by atoms with Crippen LogP contribution >= 0.6 is 12.4 Å². The van der Waals surface area contributed by atoms with Gasteiger partial charge in [0.2, 0.25) is 0 Å². The van der Waals surface area contributed by atoms with Crippen molar-refractivity contribution in [1.29, 1.82) is 0 Å². The lowest BCUT2D eigenvalue weighted by Gasteiger charge is -2.14. The quantitative estimate of drug-likeness (QED) is 0.0989. The van der Waals surface area contributed by atoms with E-state index in [0.29, 0.717) is 24.2 Å². The summed E-state index contributed by atoms with van der Waals surface area (Å²) in [4.78, 5) is 36.3. The molecule has 0 bridgehead atoms. The van der Waals surface area contributed by atoms with E-state index in [1.54, 1.807) is 30.3 Å². The number of nitrogen functional groups attached to an aromatic ring is 1. The zero-order valence-electron chi connectivity index (χ0n) is 16.5. The molecule has 1 amide bonds. The van der Waals surface area contributed by atoms with Crippen LogP contribution in [-0.4, -0.2) is 40.5 Å². The predicted octanol–water partition coefficient (Wildman–Crippen LogP) is 1.52. The van der Waals surface area contributed by atoms with E-state index >= 15 is 0 Å². The van der Waals surface area contributed by atoms with E-state index in [4.69, 9.17) is 22.3 Å². The smallest absolute Gasteiger partial charge is 0.326 e. The number of nitro benzene ring substituents is 1. The molecular formula is C19H25ClN6O5. The van der Waals surface area contributed by atoms with Crippen molar-refractivity contribution in [3.8, 4) is 0 Å². The number of nitrogens with one attached hydrogen (secondary N) is 1. The number of non-ortho nitro benzene ring substituents is 1. The Hall–Kier alpha value is -3.86. The molecule has 2 aromatic carbocycles. The first-order valence-corrected chi connectivity index (χ1v) is 8.84. The van der Waals surface area contributed by atoms with Crippen LogP contribution in [0, 0.1) is 10.1 Å². The number of nitrogens with two attached hydrogens (primary N) is 3. The average molecular weight is 453 g/mol. The van der Waals surface area contributed by atoms with Crippen molar-refractivity contribution in [3.05, 3.63) is 70.3 Å². The number of carboxylic acid groups (broad SMARTS) is 1. The third-order valence-corrected chi connectivity index (χ3v) is 3.69. The number of hydrogen-bond donors (Lipinski definition) is 5. The van der Waals surface area contributed by atoms with Crippen molar-refractivity contribution in [2.75, 3.05) is 12.3 Å². The van der Waals surface area contributed by atoms with Crippen LogP contribution in [-0.2, 0) is 4.79 Å². The molecule has 0 heterocycles. The second-order valence-corrected chi connectivity index (χ2v) is 6.03. The molecule has 0 fully saturated rings. The molecule has 168 valence electrons. The Morgan fingerprint density at radius 1 is 1.10 bits per heavy atom. The number of nitro groups is 1. The van der Waals surface area contributed by atoms with Gasteiger partial charge in [0.1, 0.15) is 6.04 Å². The first-order chi connectivity index (χ1) is 14.2. The minimum atomic E-state index is -1.08. The number of guanidine groups is 1. The maximum atomic E-state index is 11.9. The minimum Gasteiger partial charge on any atom is -0.480 e. The van der Waals surface area contributed by atoms with Crippen LogP contribution in [0.25, 0.3) is 0 Å². The van der Waals surface area contributed by atoms with Gasteiger partial charge in [-0.15, -0.1) is 12.4 Å². The van der Waals surface area contributed by atoms with Crippen LogP contribution in [0.5, 0.6) is 0 Å². The Kier molecular flexibility index (Phi) is 12.4. The van der Waals surface area contributed by atoms with Gasteiger partial charge < -0.3 is 27.6 Å². The summed E-state index contributed by atoms with van der Waals surface area (Å²) in [5.41, 5.74) is 16.7. The van der Waals surface area contributed by atoms with E-state index in [-0.39, 0.29) is 30.5 Å². The van der Waals surface area contributed by atoms with Gasteiger partial charge in [0.05, 0.1) is 4.92 Å². The second-order valence-electron chi connectivity index (χ2n) is 6.03. The summed E-state index contributed by atoms with van der Waals surface area (Å²) >= 11 is 0. The van der Waals surface area contributed by atoms with E-state index in [1.807, 2.05) is 0 Å². The van der Waals surface area contributed by atoms with Crippen molar-refractivity contribution >= 4 is 41.6 Å². The summed E-state index contributed by atoms with van der Waals surface area (Å²) in [5.74, 6) is -1.54. The number of carbonyl (C=O) groups is 2. The van der Waals surface area contributed by atoms with Crippen molar-refractivity contribution in [2.24, 2.45) is 16.5 Å². The molecule has 2 rings (SSSR count). The number of carboxylic acids is 1. The summed E-state index contributed by atoms with van der Waals surface area (Å²) in [5, 5.41) is 21.6. The van der Waals surface area contributed by atoms with Crippen molar-refractivity contribution < 1.29 is 19.6 Å². The average Bonchev–Trinajstić information content (AvgIpc) is 2.71. The Labute approximate surface area is 184 Å². The largest absolute Gasteiger partial charge is 0.480 e. The summed E-state index contributed by atoms with van der Waals surface area (Å²) in [6, 6.07) is 13.2. The van der Waals surface area contributed by atoms with Gasteiger partial charge in [0.15, 0.2) is 5.96 Å². The van der Waals surface area contributed by atoms with Gasteiger partial charge in [-0.2, -0.15) is 0 Å². The zero-order chi connectivity index (χ0) is 22.5. The Bertz CT molecular complexity index is 873. The van der Waals surface area contributed by atoms with E-state index in [0.717, 1.165) is 0 Å². The number of anilines is 1. The molecule has 8 N–H and O–H groups in total. The molecule has 0 aliphatic carbocycles. The number of nitrogens with zero attached hydrogens (tertiary/aromatic N) is 2. The van der Waals surface area contributed by atoms with Crippen LogP contribution in [0.1, 0.15) is 23.2 Å². The molecule has 0 saturated heterocycles. The minimum absolute atomic E-state index is 0. The van der Waals surface area contributed by atoms with Gasteiger partial charge in [0, 0.05) is 29.9 Å². The normalized spacial score (nSPS) is 10.3. The monoisotopic (exact) mass is 452 g/mol. The zero-order valence-corrected chi connectivity index (χ0v) is 17.3. The van der Waals surface area contributed by atoms with Crippen LogP contribution in [0.15, 0.2) is 59.6 Å². The standard InChI is InChI=1S/C13H18N4O3.C6H6N2O2.ClH/c14-13(15)16-8-4-7-10(12(19)20)17-11(18)9-5-2-1-3-6-9;7-5-1-3-6(4-2-5)8(9)10;/h1-3,5-6,10H,4,7-8H2,(H,17,18)(H,19,20)(H4,14,15,16);1-4H,7H2;1H. The molecule has 11 nitrogen and oxygen atoms in total. The molecule has 0 saturated carbocycles. The van der Waals surface area contributed by atoms with Crippen molar-refractivity contribution in [2.45, 2.75) is 18.9 Å². The van der Waals surface area contributed by atoms with Gasteiger partial charge in [0.25, 0.3) is 11.6 Å². The fourth-order valence-corrected chi connectivity index (χ4v) is 2.19. The van der Waals surface area contributed by atoms with Gasteiger partial charge in [-0.25, -0.2) is 4.79 Å². The summed E-state index contributed by atoms with van der Waals surface area (Å²) in [6.07, 6.45) is 0.717. The van der Waals surface area contributed by atoms with E-state index < -0.39 is 22.8 Å². The Morgan fingerprint density at radius 3 is 2.16 bits per heavy atom. The third-order valence-electron chi connectivity index (χ3n) is 3.69. The van der Waals surface area contributed by atoms with Crippen LogP contribution in [0.4, 0.5) is 11.4 Å².